The summed E-state index contributed by atoms with van der Waals surface area (Å²) in [6.07, 6.45) is 6.49. The molecule has 1 unspecified atom stereocenters. The second-order valence-electron chi connectivity index (χ2n) is 5.05. The summed E-state index contributed by atoms with van der Waals surface area (Å²) in [6.45, 7) is 2.28. The van der Waals surface area contributed by atoms with Crippen molar-refractivity contribution in [3.8, 4) is 11.4 Å². The zero-order valence-corrected chi connectivity index (χ0v) is 11.2. The Morgan fingerprint density at radius 1 is 1.37 bits per heavy atom. The van der Waals surface area contributed by atoms with E-state index in [2.05, 4.69) is 16.6 Å². The minimum Gasteiger partial charge on any atom is -0.497 e. The summed E-state index contributed by atoms with van der Waals surface area (Å²) in [7, 11) is 1.68. The molecule has 19 heavy (non-hydrogen) atoms. The van der Waals surface area contributed by atoms with Gasteiger partial charge in [-0.2, -0.15) is 5.10 Å². The minimum atomic E-state index is 0.758. The van der Waals surface area contributed by atoms with E-state index in [1.54, 1.807) is 7.11 Å². The summed E-state index contributed by atoms with van der Waals surface area (Å²) in [6, 6.07) is 7.95. The molecule has 0 aliphatic carbocycles. The first kappa shape index (κ1) is 12.2. The molecule has 0 bridgehead atoms. The smallest absolute Gasteiger partial charge is 0.119 e. The van der Waals surface area contributed by atoms with Crippen molar-refractivity contribution in [3.63, 3.8) is 0 Å². The fourth-order valence-electron chi connectivity index (χ4n) is 2.56. The Kier molecular flexibility index (Phi) is 3.51. The quantitative estimate of drug-likeness (QED) is 0.911. The van der Waals surface area contributed by atoms with Gasteiger partial charge in [0.15, 0.2) is 0 Å². The van der Waals surface area contributed by atoms with Gasteiger partial charge in [-0.3, -0.25) is 0 Å². The summed E-state index contributed by atoms with van der Waals surface area (Å²) in [5, 5.41) is 7.84. The number of nitrogens with one attached hydrogen (secondary N) is 1. The van der Waals surface area contributed by atoms with Crippen LogP contribution in [0.1, 0.15) is 12.0 Å². The fourth-order valence-corrected chi connectivity index (χ4v) is 2.56. The number of hydrogen-bond acceptors (Lipinski definition) is 3. The van der Waals surface area contributed by atoms with Crippen LogP contribution in [0.15, 0.2) is 36.7 Å². The zero-order chi connectivity index (χ0) is 13.1. The highest BCUT2D eigenvalue weighted by Crippen LogP contribution is 2.18. The van der Waals surface area contributed by atoms with Crippen LogP contribution in [0.2, 0.25) is 0 Å². The van der Waals surface area contributed by atoms with Crippen LogP contribution in [-0.2, 0) is 6.42 Å². The van der Waals surface area contributed by atoms with E-state index in [9.17, 15) is 0 Å². The molecule has 1 atom stereocenters. The normalized spacial score (nSPS) is 18.7. The van der Waals surface area contributed by atoms with Crippen LogP contribution in [0, 0.1) is 5.92 Å². The van der Waals surface area contributed by atoms with E-state index in [0.29, 0.717) is 0 Å². The lowest BCUT2D eigenvalue weighted by Crippen LogP contribution is -2.10. The largest absolute Gasteiger partial charge is 0.497 e. The van der Waals surface area contributed by atoms with Gasteiger partial charge in [0.2, 0.25) is 0 Å². The summed E-state index contributed by atoms with van der Waals surface area (Å²) in [5.74, 6) is 1.63. The average molecular weight is 257 g/mol. The van der Waals surface area contributed by atoms with Crippen LogP contribution < -0.4 is 10.1 Å². The number of nitrogens with zero attached hydrogens (tertiary/aromatic N) is 2. The Hall–Kier alpha value is -1.81. The van der Waals surface area contributed by atoms with Crippen molar-refractivity contribution in [2.45, 2.75) is 12.8 Å². The summed E-state index contributed by atoms with van der Waals surface area (Å²) in [5.41, 5.74) is 2.38. The van der Waals surface area contributed by atoms with E-state index in [-0.39, 0.29) is 0 Å². The number of aromatic nitrogens is 2. The van der Waals surface area contributed by atoms with Crippen molar-refractivity contribution in [3.05, 3.63) is 42.2 Å². The molecule has 4 nitrogen and oxygen atoms in total. The third-order valence-corrected chi connectivity index (χ3v) is 3.66. The summed E-state index contributed by atoms with van der Waals surface area (Å²) >= 11 is 0. The molecule has 2 aromatic rings. The topological polar surface area (TPSA) is 39.1 Å². The molecule has 3 rings (SSSR count). The Morgan fingerprint density at radius 3 is 2.89 bits per heavy atom. The van der Waals surface area contributed by atoms with E-state index in [1.165, 1.54) is 12.0 Å². The van der Waals surface area contributed by atoms with Gasteiger partial charge in [0.25, 0.3) is 0 Å². The van der Waals surface area contributed by atoms with E-state index in [0.717, 1.165) is 36.9 Å². The lowest BCUT2D eigenvalue weighted by atomic mass is 10.0. The minimum absolute atomic E-state index is 0.758. The third-order valence-electron chi connectivity index (χ3n) is 3.66. The maximum Gasteiger partial charge on any atom is 0.119 e. The van der Waals surface area contributed by atoms with Gasteiger partial charge in [0.05, 0.1) is 19.0 Å². The maximum absolute atomic E-state index is 5.16. The van der Waals surface area contributed by atoms with Crippen LogP contribution in [0.4, 0.5) is 0 Å². The molecule has 0 amide bonds. The summed E-state index contributed by atoms with van der Waals surface area (Å²) < 4.78 is 7.09. The lowest BCUT2D eigenvalue weighted by Gasteiger charge is -2.05. The molecule has 1 aliphatic rings. The molecule has 1 saturated heterocycles. The molecule has 4 heteroatoms. The highest BCUT2D eigenvalue weighted by molar-refractivity contribution is 5.37. The second kappa shape index (κ2) is 5.45. The zero-order valence-electron chi connectivity index (χ0n) is 11.2. The van der Waals surface area contributed by atoms with Gasteiger partial charge in [-0.15, -0.1) is 0 Å². The highest BCUT2D eigenvalue weighted by atomic mass is 16.5. The molecule has 0 radical (unpaired) electrons. The van der Waals surface area contributed by atoms with Gasteiger partial charge in [-0.1, -0.05) is 0 Å². The Bertz CT molecular complexity index is 527. The predicted molar refractivity (Wildman–Crippen MR) is 74.8 cm³/mol. The number of methoxy groups -OCH3 is 1. The van der Waals surface area contributed by atoms with Crippen LogP contribution in [0.3, 0.4) is 0 Å². The van der Waals surface area contributed by atoms with Crippen LogP contribution >= 0.6 is 0 Å². The molecular weight excluding hydrogens is 238 g/mol. The number of hydrogen-bond donors (Lipinski definition) is 1. The van der Waals surface area contributed by atoms with Crippen molar-refractivity contribution in [1.29, 1.82) is 0 Å². The standard InChI is InChI=1S/C15H19N3O/c1-19-15-4-2-14(3-5-15)18-11-13(10-17-18)8-12-6-7-16-9-12/h2-5,10-12,16H,6-9H2,1H3. The van der Waals surface area contributed by atoms with E-state index >= 15 is 0 Å². The number of rotatable bonds is 4. The highest BCUT2D eigenvalue weighted by Gasteiger charge is 2.15. The Balaban J connectivity index is 1.72. The molecular formula is C15H19N3O. The van der Waals surface area contributed by atoms with Crippen LogP contribution in [-0.4, -0.2) is 30.0 Å². The Morgan fingerprint density at radius 2 is 2.21 bits per heavy atom. The number of benzene rings is 1. The van der Waals surface area contributed by atoms with Gasteiger partial charge in [0, 0.05) is 6.20 Å². The molecule has 1 aromatic carbocycles. The first-order chi connectivity index (χ1) is 9.35. The van der Waals surface area contributed by atoms with E-state index in [4.69, 9.17) is 4.74 Å². The van der Waals surface area contributed by atoms with Gasteiger partial charge < -0.3 is 10.1 Å². The first-order valence-corrected chi connectivity index (χ1v) is 6.74. The van der Waals surface area contributed by atoms with E-state index < -0.39 is 0 Å². The summed E-state index contributed by atoms with van der Waals surface area (Å²) in [4.78, 5) is 0. The molecule has 1 aliphatic heterocycles. The average Bonchev–Trinajstić information content (AvgIpc) is 3.11. The fraction of sp³-hybridized carbons (Fsp3) is 0.400. The predicted octanol–water partition coefficient (Wildman–Crippen LogP) is 2.03. The second-order valence-corrected chi connectivity index (χ2v) is 5.05. The van der Waals surface area contributed by atoms with Gasteiger partial charge >= 0.3 is 0 Å². The first-order valence-electron chi connectivity index (χ1n) is 6.74. The molecule has 1 fully saturated rings. The third kappa shape index (κ3) is 2.79. The molecule has 0 saturated carbocycles. The van der Waals surface area contributed by atoms with Crippen molar-refractivity contribution in [2.75, 3.05) is 20.2 Å². The van der Waals surface area contributed by atoms with Crippen molar-refractivity contribution >= 4 is 0 Å². The molecule has 1 aromatic heterocycles. The van der Waals surface area contributed by atoms with Gasteiger partial charge in [-0.05, 0) is 61.7 Å². The molecule has 1 N–H and O–H groups in total. The van der Waals surface area contributed by atoms with Gasteiger partial charge in [-0.25, -0.2) is 4.68 Å². The van der Waals surface area contributed by atoms with Crippen molar-refractivity contribution < 1.29 is 4.74 Å². The Labute approximate surface area is 113 Å². The van der Waals surface area contributed by atoms with Crippen LogP contribution in [0.25, 0.3) is 5.69 Å². The molecule has 100 valence electrons. The molecule has 0 spiro atoms. The van der Waals surface area contributed by atoms with Gasteiger partial charge in [0.1, 0.15) is 5.75 Å². The van der Waals surface area contributed by atoms with Crippen molar-refractivity contribution in [1.82, 2.24) is 15.1 Å². The monoisotopic (exact) mass is 257 g/mol. The van der Waals surface area contributed by atoms with Crippen molar-refractivity contribution in [2.24, 2.45) is 5.92 Å². The molecule has 2 heterocycles. The lowest BCUT2D eigenvalue weighted by molar-refractivity contribution is 0.414. The van der Waals surface area contributed by atoms with Crippen LogP contribution in [0.5, 0.6) is 5.75 Å². The van der Waals surface area contributed by atoms with E-state index in [1.807, 2.05) is 35.1 Å². The maximum atomic E-state index is 5.16. The number of ether oxygens (including phenoxy) is 1. The SMILES string of the molecule is COc1ccc(-n2cc(CC3CCNC3)cn2)cc1.